The molecule has 0 nitrogen and oxygen atoms in total. The molecule has 1 aliphatic heterocycles. The molecule has 0 aromatic rings. The molecule has 0 aromatic carbocycles. The normalized spacial score (nSPS) is 43.9. The Bertz CT molecular complexity index is 127. The van der Waals surface area contributed by atoms with Gasteiger partial charge in [0, 0.05) is 5.25 Å². The van der Waals surface area contributed by atoms with Crippen LogP contribution in [0.1, 0.15) is 39.0 Å². The van der Waals surface area contributed by atoms with Gasteiger partial charge in [0.25, 0.3) is 0 Å². The predicted octanol–water partition coefficient (Wildman–Crippen LogP) is 3.32. The molecule has 1 saturated heterocycles. The molecule has 0 aromatic heterocycles. The van der Waals surface area contributed by atoms with Gasteiger partial charge in [-0.15, -0.1) is 0 Å². The average molecular weight is 170 g/mol. The molecule has 1 aliphatic carbocycles. The summed E-state index contributed by atoms with van der Waals surface area (Å²) in [6, 6.07) is 0. The summed E-state index contributed by atoms with van der Waals surface area (Å²) in [5.74, 6) is 3.65. The summed E-state index contributed by atoms with van der Waals surface area (Å²) in [6.07, 6.45) is 7.50. The van der Waals surface area contributed by atoms with Crippen molar-refractivity contribution in [2.45, 2.75) is 44.3 Å². The molecule has 1 heteroatoms. The quantitative estimate of drug-likeness (QED) is 0.582. The molecule has 11 heavy (non-hydrogen) atoms. The largest absolute Gasteiger partial charge is 0.158 e. The molecule has 1 saturated carbocycles. The number of thioether (sulfide) groups is 1. The summed E-state index contributed by atoms with van der Waals surface area (Å²) in [5.41, 5.74) is 0. The number of hydrogen-bond acceptors (Lipinski definition) is 1. The fourth-order valence-corrected chi connectivity index (χ4v) is 4.58. The molecular formula is C10H18S. The molecule has 1 heterocycles. The van der Waals surface area contributed by atoms with Gasteiger partial charge in [-0.25, -0.2) is 0 Å². The van der Waals surface area contributed by atoms with Gasteiger partial charge >= 0.3 is 0 Å². The minimum Gasteiger partial charge on any atom is -0.158 e. The minimum absolute atomic E-state index is 1.06. The van der Waals surface area contributed by atoms with Gasteiger partial charge in [0.2, 0.25) is 0 Å². The fraction of sp³-hybridized carbons (Fsp3) is 1.00. The van der Waals surface area contributed by atoms with Crippen molar-refractivity contribution in [3.8, 4) is 0 Å². The third-order valence-electron chi connectivity index (χ3n) is 3.41. The molecule has 0 amide bonds. The summed E-state index contributed by atoms with van der Waals surface area (Å²) in [7, 11) is 0. The highest BCUT2D eigenvalue weighted by molar-refractivity contribution is 8.00. The first-order chi connectivity index (χ1) is 5.42. The van der Waals surface area contributed by atoms with Crippen LogP contribution in [0.2, 0.25) is 0 Å². The highest BCUT2D eigenvalue weighted by Crippen LogP contribution is 2.46. The van der Waals surface area contributed by atoms with E-state index in [1.807, 2.05) is 0 Å². The Balaban J connectivity index is 1.98. The standard InChI is InChI=1S/C10H18S/c1-2-8-7-11-10-6-4-3-5-9(8)10/h8-10H,2-7H2,1H3. The van der Waals surface area contributed by atoms with Crippen molar-refractivity contribution in [2.75, 3.05) is 5.75 Å². The minimum atomic E-state index is 1.06. The second-order valence-corrected chi connectivity index (χ2v) is 5.26. The van der Waals surface area contributed by atoms with E-state index in [1.165, 1.54) is 37.9 Å². The second kappa shape index (κ2) is 3.38. The first-order valence-electron chi connectivity index (χ1n) is 5.03. The summed E-state index contributed by atoms with van der Waals surface area (Å²) in [5, 5.41) is 1.06. The molecular weight excluding hydrogens is 152 g/mol. The van der Waals surface area contributed by atoms with Crippen LogP contribution in [0.3, 0.4) is 0 Å². The molecule has 3 unspecified atom stereocenters. The summed E-state index contributed by atoms with van der Waals surface area (Å²) >= 11 is 2.26. The van der Waals surface area contributed by atoms with Crippen LogP contribution in [0.25, 0.3) is 0 Å². The van der Waals surface area contributed by atoms with Gasteiger partial charge in [-0.1, -0.05) is 26.2 Å². The van der Waals surface area contributed by atoms with Crippen LogP contribution in [0.4, 0.5) is 0 Å². The molecule has 0 radical (unpaired) electrons. The number of rotatable bonds is 1. The van der Waals surface area contributed by atoms with Gasteiger partial charge < -0.3 is 0 Å². The summed E-state index contributed by atoms with van der Waals surface area (Å²) in [4.78, 5) is 0. The maximum atomic E-state index is 2.36. The lowest BCUT2D eigenvalue weighted by Crippen LogP contribution is -2.22. The van der Waals surface area contributed by atoms with E-state index < -0.39 is 0 Å². The third kappa shape index (κ3) is 1.44. The number of hydrogen-bond donors (Lipinski definition) is 0. The Morgan fingerprint density at radius 2 is 2.09 bits per heavy atom. The summed E-state index contributed by atoms with van der Waals surface area (Å²) < 4.78 is 0. The van der Waals surface area contributed by atoms with Crippen molar-refractivity contribution in [1.29, 1.82) is 0 Å². The van der Waals surface area contributed by atoms with Gasteiger partial charge in [0.05, 0.1) is 0 Å². The van der Waals surface area contributed by atoms with Crippen LogP contribution in [0.15, 0.2) is 0 Å². The van der Waals surface area contributed by atoms with E-state index in [-0.39, 0.29) is 0 Å². The van der Waals surface area contributed by atoms with Gasteiger partial charge in [-0.2, -0.15) is 11.8 Å². The van der Waals surface area contributed by atoms with Crippen molar-refractivity contribution >= 4 is 11.8 Å². The van der Waals surface area contributed by atoms with E-state index >= 15 is 0 Å². The highest BCUT2D eigenvalue weighted by atomic mass is 32.2. The van der Waals surface area contributed by atoms with E-state index in [0.717, 1.165) is 17.1 Å². The highest BCUT2D eigenvalue weighted by Gasteiger charge is 2.36. The Morgan fingerprint density at radius 3 is 2.91 bits per heavy atom. The van der Waals surface area contributed by atoms with E-state index in [4.69, 9.17) is 0 Å². The van der Waals surface area contributed by atoms with E-state index in [1.54, 1.807) is 0 Å². The van der Waals surface area contributed by atoms with Crippen LogP contribution < -0.4 is 0 Å². The molecule has 2 fully saturated rings. The molecule has 0 bridgehead atoms. The SMILES string of the molecule is CCC1CSC2CCCCC12. The molecule has 0 N–H and O–H groups in total. The third-order valence-corrected chi connectivity index (χ3v) is 5.04. The van der Waals surface area contributed by atoms with Gasteiger partial charge in [0.1, 0.15) is 0 Å². The van der Waals surface area contributed by atoms with E-state index in [2.05, 4.69) is 18.7 Å². The van der Waals surface area contributed by atoms with E-state index in [0.29, 0.717) is 0 Å². The molecule has 2 rings (SSSR count). The maximum Gasteiger partial charge on any atom is 0.00783 e. The van der Waals surface area contributed by atoms with Crippen molar-refractivity contribution in [3.05, 3.63) is 0 Å². The second-order valence-electron chi connectivity index (χ2n) is 3.99. The lowest BCUT2D eigenvalue weighted by molar-refractivity contribution is 0.289. The topological polar surface area (TPSA) is 0 Å². The average Bonchev–Trinajstić information content (AvgIpc) is 2.47. The zero-order chi connectivity index (χ0) is 7.68. The smallest absolute Gasteiger partial charge is 0.00783 e. The number of fused-ring (bicyclic) bond motifs is 1. The van der Waals surface area contributed by atoms with Crippen LogP contribution in [-0.2, 0) is 0 Å². The van der Waals surface area contributed by atoms with Crippen molar-refractivity contribution in [1.82, 2.24) is 0 Å². The molecule has 0 spiro atoms. The maximum absolute atomic E-state index is 2.36. The van der Waals surface area contributed by atoms with Crippen LogP contribution in [0, 0.1) is 11.8 Å². The Kier molecular flexibility index (Phi) is 2.45. The van der Waals surface area contributed by atoms with Gasteiger partial charge in [0.15, 0.2) is 0 Å². The zero-order valence-corrected chi connectivity index (χ0v) is 8.20. The first kappa shape index (κ1) is 7.97. The van der Waals surface area contributed by atoms with Crippen LogP contribution in [0.5, 0.6) is 0 Å². The molecule has 3 atom stereocenters. The lowest BCUT2D eigenvalue weighted by atomic mass is 9.80. The van der Waals surface area contributed by atoms with Crippen LogP contribution >= 0.6 is 11.8 Å². The van der Waals surface area contributed by atoms with Gasteiger partial charge in [-0.3, -0.25) is 0 Å². The zero-order valence-electron chi connectivity index (χ0n) is 7.38. The predicted molar refractivity (Wildman–Crippen MR) is 52.0 cm³/mol. The molecule has 64 valence electrons. The van der Waals surface area contributed by atoms with Gasteiger partial charge in [-0.05, 0) is 30.4 Å². The van der Waals surface area contributed by atoms with Crippen molar-refractivity contribution in [3.63, 3.8) is 0 Å². The Labute approximate surface area is 74.1 Å². The van der Waals surface area contributed by atoms with E-state index in [9.17, 15) is 0 Å². The molecule has 2 aliphatic rings. The Hall–Kier alpha value is 0.350. The fourth-order valence-electron chi connectivity index (χ4n) is 2.66. The van der Waals surface area contributed by atoms with Crippen molar-refractivity contribution in [2.24, 2.45) is 11.8 Å². The van der Waals surface area contributed by atoms with Crippen molar-refractivity contribution < 1.29 is 0 Å². The monoisotopic (exact) mass is 170 g/mol. The Morgan fingerprint density at radius 1 is 1.27 bits per heavy atom. The van der Waals surface area contributed by atoms with Crippen LogP contribution in [-0.4, -0.2) is 11.0 Å². The lowest BCUT2D eigenvalue weighted by Gasteiger charge is -2.27. The first-order valence-corrected chi connectivity index (χ1v) is 6.08. The summed E-state index contributed by atoms with van der Waals surface area (Å²) in [6.45, 7) is 2.36.